The van der Waals surface area contributed by atoms with Gasteiger partial charge in [0.2, 0.25) is 5.13 Å². The molecule has 1 rings (SSSR count). The van der Waals surface area contributed by atoms with Crippen LogP contribution < -0.4 is 5.32 Å². The van der Waals surface area contributed by atoms with Crippen molar-refractivity contribution in [1.82, 2.24) is 9.36 Å². The van der Waals surface area contributed by atoms with E-state index >= 15 is 0 Å². The lowest BCUT2D eigenvalue weighted by molar-refractivity contribution is 0.494. The minimum Gasteiger partial charge on any atom is -0.358 e. The lowest BCUT2D eigenvalue weighted by Crippen LogP contribution is -2.22. The molecule has 0 aliphatic carbocycles. The molecule has 0 aliphatic rings. The Bertz CT molecular complexity index is 210. The van der Waals surface area contributed by atoms with Crippen LogP contribution in [0.5, 0.6) is 0 Å². The Labute approximate surface area is 77.4 Å². The summed E-state index contributed by atoms with van der Waals surface area (Å²) in [5.74, 6) is 0.675. The smallest absolute Gasteiger partial charge is 0.202 e. The fourth-order valence-corrected chi connectivity index (χ4v) is 1.45. The van der Waals surface area contributed by atoms with Gasteiger partial charge in [0.15, 0.2) is 0 Å². The first-order valence-corrected chi connectivity index (χ1v) is 5.04. The van der Waals surface area contributed by atoms with Gasteiger partial charge in [0, 0.05) is 17.6 Å². The van der Waals surface area contributed by atoms with Crippen molar-refractivity contribution in [1.29, 1.82) is 0 Å². The minimum atomic E-state index is 0.475. The van der Waals surface area contributed by atoms with Gasteiger partial charge < -0.3 is 5.32 Å². The standard InChI is InChI=1S/C8H15N3S/c1-4-6(2)7(3)11-8-9-5-10-12-8/h5-7H,4H2,1-3H3,(H,9,10,11). The molecule has 2 atom stereocenters. The number of hydrogen-bond acceptors (Lipinski definition) is 4. The summed E-state index contributed by atoms with van der Waals surface area (Å²) in [6, 6.07) is 0.475. The minimum absolute atomic E-state index is 0.475. The van der Waals surface area contributed by atoms with Crippen molar-refractivity contribution >= 4 is 16.7 Å². The third-order valence-corrected chi connectivity index (χ3v) is 2.81. The predicted molar refractivity (Wildman–Crippen MR) is 52.4 cm³/mol. The Morgan fingerprint density at radius 2 is 2.33 bits per heavy atom. The highest BCUT2D eigenvalue weighted by atomic mass is 32.1. The number of anilines is 1. The van der Waals surface area contributed by atoms with Gasteiger partial charge in [-0.25, -0.2) is 4.98 Å². The van der Waals surface area contributed by atoms with E-state index < -0.39 is 0 Å². The van der Waals surface area contributed by atoms with E-state index in [1.165, 1.54) is 18.0 Å². The largest absolute Gasteiger partial charge is 0.358 e. The first-order valence-electron chi connectivity index (χ1n) is 4.27. The Balaban J connectivity index is 2.41. The lowest BCUT2D eigenvalue weighted by Gasteiger charge is -2.18. The summed E-state index contributed by atoms with van der Waals surface area (Å²) in [7, 11) is 0. The summed E-state index contributed by atoms with van der Waals surface area (Å²) in [6.45, 7) is 6.61. The Morgan fingerprint density at radius 3 is 2.83 bits per heavy atom. The third kappa shape index (κ3) is 2.44. The van der Waals surface area contributed by atoms with Crippen molar-refractivity contribution in [3.8, 4) is 0 Å². The van der Waals surface area contributed by atoms with Gasteiger partial charge in [-0.2, -0.15) is 4.37 Å². The van der Waals surface area contributed by atoms with Crippen LogP contribution in [0.1, 0.15) is 27.2 Å². The van der Waals surface area contributed by atoms with Gasteiger partial charge in [0.25, 0.3) is 0 Å². The van der Waals surface area contributed by atoms with Gasteiger partial charge >= 0.3 is 0 Å². The van der Waals surface area contributed by atoms with Crippen molar-refractivity contribution < 1.29 is 0 Å². The van der Waals surface area contributed by atoms with Crippen molar-refractivity contribution in [2.75, 3.05) is 5.32 Å². The van der Waals surface area contributed by atoms with Crippen molar-refractivity contribution in [3.63, 3.8) is 0 Å². The van der Waals surface area contributed by atoms with E-state index in [2.05, 4.69) is 35.4 Å². The van der Waals surface area contributed by atoms with Gasteiger partial charge in [0.05, 0.1) is 0 Å². The molecule has 12 heavy (non-hydrogen) atoms. The number of aromatic nitrogens is 2. The quantitative estimate of drug-likeness (QED) is 0.782. The van der Waals surface area contributed by atoms with Crippen LogP contribution in [0.4, 0.5) is 5.13 Å². The number of hydrogen-bond donors (Lipinski definition) is 1. The molecule has 1 aromatic heterocycles. The molecular formula is C8H15N3S. The summed E-state index contributed by atoms with van der Waals surface area (Å²) in [4.78, 5) is 4.07. The average molecular weight is 185 g/mol. The van der Waals surface area contributed by atoms with E-state index in [1.54, 1.807) is 6.33 Å². The zero-order valence-corrected chi connectivity index (χ0v) is 8.56. The topological polar surface area (TPSA) is 37.8 Å². The second kappa shape index (κ2) is 4.40. The predicted octanol–water partition coefficient (Wildman–Crippen LogP) is 2.38. The van der Waals surface area contributed by atoms with Crippen LogP contribution in [0.3, 0.4) is 0 Å². The maximum absolute atomic E-state index is 4.07. The van der Waals surface area contributed by atoms with Crippen LogP contribution in [0.25, 0.3) is 0 Å². The maximum Gasteiger partial charge on any atom is 0.202 e. The monoisotopic (exact) mass is 185 g/mol. The van der Waals surface area contributed by atoms with E-state index in [0.717, 1.165) is 5.13 Å². The Kier molecular flexibility index (Phi) is 3.47. The number of nitrogens with one attached hydrogen (secondary N) is 1. The molecule has 1 heterocycles. The molecule has 0 spiro atoms. The zero-order chi connectivity index (χ0) is 8.97. The number of nitrogens with zero attached hydrogens (tertiary/aromatic N) is 2. The van der Waals surface area contributed by atoms with E-state index in [-0.39, 0.29) is 0 Å². The van der Waals surface area contributed by atoms with Crippen LogP contribution >= 0.6 is 11.5 Å². The molecular weight excluding hydrogens is 170 g/mol. The van der Waals surface area contributed by atoms with Gasteiger partial charge in [0.1, 0.15) is 6.33 Å². The molecule has 1 aromatic rings. The second-order valence-electron chi connectivity index (χ2n) is 3.06. The fraction of sp³-hybridized carbons (Fsp3) is 0.750. The van der Waals surface area contributed by atoms with Crippen LogP contribution in [-0.4, -0.2) is 15.4 Å². The first-order chi connectivity index (χ1) is 5.74. The van der Waals surface area contributed by atoms with Gasteiger partial charge in [-0.15, -0.1) is 0 Å². The van der Waals surface area contributed by atoms with E-state index in [1.807, 2.05) is 0 Å². The fourth-order valence-electron chi connectivity index (χ4n) is 0.927. The average Bonchev–Trinajstić information content (AvgIpc) is 2.55. The molecule has 2 unspecified atom stereocenters. The lowest BCUT2D eigenvalue weighted by atomic mass is 10.0. The van der Waals surface area contributed by atoms with Crippen molar-refractivity contribution in [2.45, 2.75) is 33.2 Å². The van der Waals surface area contributed by atoms with Crippen molar-refractivity contribution in [3.05, 3.63) is 6.33 Å². The van der Waals surface area contributed by atoms with Crippen LogP contribution in [-0.2, 0) is 0 Å². The van der Waals surface area contributed by atoms with E-state index in [0.29, 0.717) is 12.0 Å². The van der Waals surface area contributed by atoms with Crippen LogP contribution in [0.2, 0.25) is 0 Å². The van der Waals surface area contributed by atoms with Gasteiger partial charge in [-0.1, -0.05) is 20.3 Å². The van der Waals surface area contributed by atoms with Crippen molar-refractivity contribution in [2.24, 2.45) is 5.92 Å². The number of rotatable bonds is 4. The molecule has 0 amide bonds. The highest BCUT2D eigenvalue weighted by Crippen LogP contribution is 2.14. The normalized spacial score (nSPS) is 15.6. The molecule has 68 valence electrons. The second-order valence-corrected chi connectivity index (χ2v) is 3.85. The van der Waals surface area contributed by atoms with E-state index in [9.17, 15) is 0 Å². The van der Waals surface area contributed by atoms with Crippen LogP contribution in [0.15, 0.2) is 6.33 Å². The molecule has 0 aromatic carbocycles. The highest BCUT2D eigenvalue weighted by molar-refractivity contribution is 7.09. The van der Waals surface area contributed by atoms with Gasteiger partial charge in [-0.3, -0.25) is 0 Å². The Hall–Kier alpha value is -0.640. The summed E-state index contributed by atoms with van der Waals surface area (Å²) in [5.41, 5.74) is 0. The first kappa shape index (κ1) is 9.45. The molecule has 0 saturated heterocycles. The summed E-state index contributed by atoms with van der Waals surface area (Å²) in [5, 5.41) is 4.24. The molecule has 0 fully saturated rings. The molecule has 1 N–H and O–H groups in total. The summed E-state index contributed by atoms with van der Waals surface area (Å²) >= 11 is 1.41. The molecule has 0 bridgehead atoms. The molecule has 4 heteroatoms. The van der Waals surface area contributed by atoms with Crippen LogP contribution in [0, 0.1) is 5.92 Å². The molecule has 0 radical (unpaired) electrons. The van der Waals surface area contributed by atoms with Gasteiger partial charge in [-0.05, 0) is 12.8 Å². The van der Waals surface area contributed by atoms with E-state index in [4.69, 9.17) is 0 Å². The zero-order valence-electron chi connectivity index (χ0n) is 7.74. The summed E-state index contributed by atoms with van der Waals surface area (Å²) in [6.07, 6.45) is 2.77. The molecule has 0 aliphatic heterocycles. The SMILES string of the molecule is CCC(C)C(C)Nc1ncns1. The molecule has 3 nitrogen and oxygen atoms in total. The highest BCUT2D eigenvalue weighted by Gasteiger charge is 2.10. The summed E-state index contributed by atoms with van der Waals surface area (Å²) < 4.78 is 3.93. The maximum atomic E-state index is 4.07. The molecule has 0 saturated carbocycles. The Morgan fingerprint density at radius 1 is 1.58 bits per heavy atom. The third-order valence-electron chi connectivity index (χ3n) is 2.21.